The predicted octanol–water partition coefficient (Wildman–Crippen LogP) is 2.98. The van der Waals surface area contributed by atoms with E-state index in [0.717, 1.165) is 12.8 Å². The predicted molar refractivity (Wildman–Crippen MR) is 74.7 cm³/mol. The Hall–Kier alpha value is -1.26. The van der Waals surface area contributed by atoms with Gasteiger partial charge in [-0.25, -0.2) is 0 Å². The zero-order chi connectivity index (χ0) is 13.9. The van der Waals surface area contributed by atoms with Gasteiger partial charge in [-0.3, -0.25) is 4.79 Å². The highest BCUT2D eigenvalue weighted by Crippen LogP contribution is 2.33. The number of anilines is 1. The topological polar surface area (TPSA) is 58.6 Å². The Labute approximate surface area is 117 Å². The van der Waals surface area contributed by atoms with Crippen LogP contribution in [0.1, 0.15) is 32.1 Å². The van der Waals surface area contributed by atoms with Crippen LogP contribution in [0.15, 0.2) is 18.2 Å². The molecule has 1 aliphatic rings. The molecule has 0 unspecified atom stereocenters. The van der Waals surface area contributed by atoms with Crippen molar-refractivity contribution in [2.24, 2.45) is 0 Å². The zero-order valence-electron chi connectivity index (χ0n) is 10.9. The molecule has 1 aliphatic carbocycles. The summed E-state index contributed by atoms with van der Waals surface area (Å²) in [4.78, 5) is 12.0. The minimum absolute atomic E-state index is 0.114. The van der Waals surface area contributed by atoms with Crippen molar-refractivity contribution in [3.63, 3.8) is 0 Å². The minimum Gasteiger partial charge on any atom is -0.495 e. The molecule has 1 saturated carbocycles. The number of nitrogens with one attached hydrogen (secondary N) is 1. The maximum Gasteiger partial charge on any atom is 0.227 e. The van der Waals surface area contributed by atoms with Gasteiger partial charge in [0.25, 0.3) is 0 Å². The van der Waals surface area contributed by atoms with Crippen molar-refractivity contribution in [1.82, 2.24) is 0 Å². The summed E-state index contributed by atoms with van der Waals surface area (Å²) in [7, 11) is 1.53. The fourth-order valence-electron chi connectivity index (χ4n) is 2.48. The Kier molecular flexibility index (Phi) is 4.32. The van der Waals surface area contributed by atoms with Crippen molar-refractivity contribution in [3.8, 4) is 5.75 Å². The Morgan fingerprint density at radius 2 is 2.16 bits per heavy atom. The smallest absolute Gasteiger partial charge is 0.227 e. The van der Waals surface area contributed by atoms with E-state index in [1.54, 1.807) is 18.2 Å². The second kappa shape index (κ2) is 5.80. The van der Waals surface area contributed by atoms with Crippen molar-refractivity contribution in [3.05, 3.63) is 23.2 Å². The van der Waals surface area contributed by atoms with Gasteiger partial charge in [-0.1, -0.05) is 24.4 Å². The summed E-state index contributed by atoms with van der Waals surface area (Å²) >= 11 is 5.90. The molecule has 4 nitrogen and oxygen atoms in total. The quantitative estimate of drug-likeness (QED) is 0.893. The third-order valence-electron chi connectivity index (χ3n) is 3.46. The standard InChI is InChI=1S/C14H18ClNO3/c1-19-12-5-4-10(15)8-11(12)16-13(17)9-14(18)6-2-3-7-14/h4-5,8,18H,2-3,6-7,9H2,1H3,(H,16,17). The molecule has 5 heteroatoms. The van der Waals surface area contributed by atoms with Gasteiger partial charge < -0.3 is 15.2 Å². The van der Waals surface area contributed by atoms with E-state index in [0.29, 0.717) is 29.3 Å². The second-order valence-electron chi connectivity index (χ2n) is 5.00. The lowest BCUT2D eigenvalue weighted by Gasteiger charge is -2.21. The zero-order valence-corrected chi connectivity index (χ0v) is 11.7. The highest BCUT2D eigenvalue weighted by molar-refractivity contribution is 6.31. The van der Waals surface area contributed by atoms with Gasteiger partial charge in [0.15, 0.2) is 0 Å². The van der Waals surface area contributed by atoms with E-state index in [1.807, 2.05) is 0 Å². The molecule has 1 aromatic rings. The molecular formula is C14H18ClNO3. The number of benzene rings is 1. The van der Waals surface area contributed by atoms with Crippen molar-refractivity contribution in [1.29, 1.82) is 0 Å². The molecule has 0 radical (unpaired) electrons. The van der Waals surface area contributed by atoms with E-state index in [1.165, 1.54) is 7.11 Å². The van der Waals surface area contributed by atoms with Crippen LogP contribution in [0, 0.1) is 0 Å². The van der Waals surface area contributed by atoms with Gasteiger partial charge in [0.1, 0.15) is 5.75 Å². The third-order valence-corrected chi connectivity index (χ3v) is 3.69. The molecule has 0 aromatic heterocycles. The fraction of sp³-hybridized carbons (Fsp3) is 0.500. The van der Waals surface area contributed by atoms with Crippen LogP contribution in [0.2, 0.25) is 5.02 Å². The highest BCUT2D eigenvalue weighted by atomic mass is 35.5. The molecule has 0 spiro atoms. The van der Waals surface area contributed by atoms with E-state index in [4.69, 9.17) is 16.3 Å². The summed E-state index contributed by atoms with van der Waals surface area (Å²) in [6.45, 7) is 0. The van der Waals surface area contributed by atoms with Crippen LogP contribution in [-0.4, -0.2) is 23.7 Å². The van der Waals surface area contributed by atoms with Gasteiger partial charge in [0.05, 0.1) is 24.8 Å². The van der Waals surface area contributed by atoms with Crippen LogP contribution < -0.4 is 10.1 Å². The van der Waals surface area contributed by atoms with Crippen LogP contribution in [-0.2, 0) is 4.79 Å². The van der Waals surface area contributed by atoms with Crippen molar-refractivity contribution >= 4 is 23.2 Å². The number of methoxy groups -OCH3 is 1. The van der Waals surface area contributed by atoms with Crippen LogP contribution in [0.5, 0.6) is 5.75 Å². The highest BCUT2D eigenvalue weighted by Gasteiger charge is 2.33. The average molecular weight is 284 g/mol. The number of ether oxygens (including phenoxy) is 1. The number of carbonyl (C=O) groups excluding carboxylic acids is 1. The lowest BCUT2D eigenvalue weighted by Crippen LogP contribution is -2.30. The average Bonchev–Trinajstić information content (AvgIpc) is 2.75. The SMILES string of the molecule is COc1ccc(Cl)cc1NC(=O)CC1(O)CCCC1. The number of halogens is 1. The van der Waals surface area contributed by atoms with Crippen molar-refractivity contribution in [2.75, 3.05) is 12.4 Å². The Morgan fingerprint density at radius 1 is 1.47 bits per heavy atom. The Balaban J connectivity index is 2.04. The molecule has 2 rings (SSSR count). The number of amides is 1. The van der Waals surface area contributed by atoms with Gasteiger partial charge in [-0.05, 0) is 31.0 Å². The summed E-state index contributed by atoms with van der Waals surface area (Å²) in [5.74, 6) is 0.334. The van der Waals surface area contributed by atoms with E-state index >= 15 is 0 Å². The lowest BCUT2D eigenvalue weighted by atomic mass is 9.97. The van der Waals surface area contributed by atoms with Crippen LogP contribution in [0.25, 0.3) is 0 Å². The molecule has 0 bridgehead atoms. The first-order chi connectivity index (χ1) is 9.02. The van der Waals surface area contributed by atoms with Crippen molar-refractivity contribution < 1.29 is 14.6 Å². The van der Waals surface area contributed by atoms with Crippen LogP contribution >= 0.6 is 11.6 Å². The fourth-order valence-corrected chi connectivity index (χ4v) is 2.65. The van der Waals surface area contributed by atoms with Gasteiger partial charge in [0.2, 0.25) is 5.91 Å². The number of aliphatic hydroxyl groups is 1. The molecule has 0 atom stereocenters. The Morgan fingerprint density at radius 3 is 2.79 bits per heavy atom. The molecule has 2 N–H and O–H groups in total. The van der Waals surface area contributed by atoms with Gasteiger partial charge in [-0.2, -0.15) is 0 Å². The van der Waals surface area contributed by atoms with Gasteiger partial charge in [-0.15, -0.1) is 0 Å². The number of rotatable bonds is 4. The van der Waals surface area contributed by atoms with Crippen LogP contribution in [0.3, 0.4) is 0 Å². The number of carbonyl (C=O) groups is 1. The first-order valence-electron chi connectivity index (χ1n) is 6.38. The van der Waals surface area contributed by atoms with E-state index in [2.05, 4.69) is 5.32 Å². The van der Waals surface area contributed by atoms with Crippen LogP contribution in [0.4, 0.5) is 5.69 Å². The number of hydrogen-bond acceptors (Lipinski definition) is 3. The molecule has 1 amide bonds. The van der Waals surface area contributed by atoms with Gasteiger partial charge in [0, 0.05) is 5.02 Å². The lowest BCUT2D eigenvalue weighted by molar-refractivity contribution is -0.120. The molecule has 104 valence electrons. The van der Waals surface area contributed by atoms with Gasteiger partial charge >= 0.3 is 0 Å². The third kappa shape index (κ3) is 3.61. The largest absolute Gasteiger partial charge is 0.495 e. The Bertz CT molecular complexity index is 470. The van der Waals surface area contributed by atoms with E-state index in [-0.39, 0.29) is 12.3 Å². The summed E-state index contributed by atoms with van der Waals surface area (Å²) in [6, 6.07) is 5.03. The molecule has 1 aromatic carbocycles. The molecule has 0 heterocycles. The first-order valence-corrected chi connectivity index (χ1v) is 6.76. The number of hydrogen-bond donors (Lipinski definition) is 2. The second-order valence-corrected chi connectivity index (χ2v) is 5.44. The summed E-state index contributed by atoms with van der Waals surface area (Å²) in [5.41, 5.74) is -0.322. The molecule has 19 heavy (non-hydrogen) atoms. The van der Waals surface area contributed by atoms with Crippen molar-refractivity contribution in [2.45, 2.75) is 37.7 Å². The summed E-state index contributed by atoms with van der Waals surface area (Å²) < 4.78 is 5.16. The van der Waals surface area contributed by atoms with E-state index in [9.17, 15) is 9.90 Å². The minimum atomic E-state index is -0.851. The molecule has 0 saturated heterocycles. The monoisotopic (exact) mass is 283 g/mol. The summed E-state index contributed by atoms with van der Waals surface area (Å²) in [6.07, 6.45) is 3.44. The normalized spacial score (nSPS) is 17.2. The maximum absolute atomic E-state index is 12.0. The maximum atomic E-state index is 12.0. The molecule has 0 aliphatic heterocycles. The molecule has 1 fully saturated rings. The first kappa shape index (κ1) is 14.2. The molecular weight excluding hydrogens is 266 g/mol. The summed E-state index contributed by atoms with van der Waals surface area (Å²) in [5, 5.41) is 13.5. The van der Waals surface area contributed by atoms with E-state index < -0.39 is 5.60 Å².